The third-order valence-corrected chi connectivity index (χ3v) is 6.63. The number of hydrogen-bond donors (Lipinski definition) is 2. The number of carbonyl (C=O) groups excluding carboxylic acids is 2. The maximum absolute atomic E-state index is 12.8. The second-order valence-corrected chi connectivity index (χ2v) is 8.96. The summed E-state index contributed by atoms with van der Waals surface area (Å²) >= 11 is 0. The molecule has 0 saturated carbocycles. The highest BCUT2D eigenvalue weighted by Gasteiger charge is 2.27. The van der Waals surface area contributed by atoms with Gasteiger partial charge in [-0.25, -0.2) is 13.2 Å². The minimum atomic E-state index is -3.71. The Morgan fingerprint density at radius 3 is 2.34 bits per heavy atom. The van der Waals surface area contributed by atoms with Crippen molar-refractivity contribution in [2.45, 2.75) is 44.9 Å². The van der Waals surface area contributed by atoms with Gasteiger partial charge in [0.1, 0.15) is 12.4 Å². The van der Waals surface area contributed by atoms with Gasteiger partial charge in [0.2, 0.25) is 10.0 Å². The van der Waals surface area contributed by atoms with Crippen LogP contribution in [-0.2, 0) is 19.6 Å². The highest BCUT2D eigenvalue weighted by Crippen LogP contribution is 2.23. The Kier molecular flexibility index (Phi) is 7.32. The number of nitrogens with zero attached hydrogens (tertiary/aromatic N) is 1. The largest absolute Gasteiger partial charge is 0.508 e. The van der Waals surface area contributed by atoms with E-state index in [0.717, 1.165) is 19.3 Å². The Labute approximate surface area is 170 Å². The number of allylic oxidation sites excluding steroid dienone is 1. The van der Waals surface area contributed by atoms with Gasteiger partial charge in [-0.05, 0) is 51.3 Å². The molecule has 0 unspecified atom stereocenters. The molecule has 0 bridgehead atoms. The molecule has 0 radical (unpaired) electrons. The molecule has 158 valence electrons. The first-order valence-electron chi connectivity index (χ1n) is 9.32. The van der Waals surface area contributed by atoms with Crippen LogP contribution in [0.1, 0.15) is 49.0 Å². The molecule has 29 heavy (non-hydrogen) atoms. The number of rotatable bonds is 7. The molecule has 0 aliphatic carbocycles. The van der Waals surface area contributed by atoms with Crippen LogP contribution in [0.3, 0.4) is 0 Å². The van der Waals surface area contributed by atoms with Crippen molar-refractivity contribution in [3.05, 3.63) is 40.7 Å². The summed E-state index contributed by atoms with van der Waals surface area (Å²) in [6.07, 6.45) is 2.60. The monoisotopic (exact) mass is 422 g/mol. The molecule has 2 N–H and O–H groups in total. The SMILES string of the molecule is CC(=N)/C(C(C)=O)=C(/O)COC(=O)c1cc(S(=O)(=O)N2CCCCC2)ccc1C. The van der Waals surface area contributed by atoms with Crippen molar-refractivity contribution in [1.29, 1.82) is 5.41 Å². The van der Waals surface area contributed by atoms with Crippen molar-refractivity contribution in [1.82, 2.24) is 4.31 Å². The van der Waals surface area contributed by atoms with Gasteiger partial charge in [0.15, 0.2) is 5.78 Å². The number of ketones is 1. The first kappa shape index (κ1) is 22.8. The molecule has 1 aromatic rings. The van der Waals surface area contributed by atoms with Crippen molar-refractivity contribution in [2.75, 3.05) is 19.7 Å². The normalized spacial score (nSPS) is 16.1. The minimum absolute atomic E-state index is 0.0106. The van der Waals surface area contributed by atoms with Crippen LogP contribution in [-0.4, -0.2) is 55.0 Å². The van der Waals surface area contributed by atoms with E-state index >= 15 is 0 Å². The number of aliphatic hydroxyl groups is 1. The first-order chi connectivity index (χ1) is 13.6. The fraction of sp³-hybridized carbons (Fsp3) is 0.450. The third-order valence-electron chi connectivity index (χ3n) is 4.74. The van der Waals surface area contributed by atoms with Gasteiger partial charge in [-0.2, -0.15) is 4.31 Å². The molecule has 1 heterocycles. The van der Waals surface area contributed by atoms with Gasteiger partial charge >= 0.3 is 5.97 Å². The standard InChI is InChI=1S/C20H26N2O6S/c1-13-7-8-16(29(26,27)22-9-5-4-6-10-22)11-17(13)20(25)28-12-18(24)19(14(2)21)15(3)23/h7-8,11,21,24H,4-6,9-10,12H2,1-3H3/b19-18-,21-14?. The summed E-state index contributed by atoms with van der Waals surface area (Å²) in [5, 5.41) is 17.5. The molecule has 0 spiro atoms. The van der Waals surface area contributed by atoms with Gasteiger partial charge in [0.25, 0.3) is 0 Å². The van der Waals surface area contributed by atoms with Crippen molar-refractivity contribution in [2.24, 2.45) is 0 Å². The van der Waals surface area contributed by atoms with E-state index in [1.807, 2.05) is 0 Å². The Morgan fingerprint density at radius 1 is 1.17 bits per heavy atom. The highest BCUT2D eigenvalue weighted by atomic mass is 32.2. The van der Waals surface area contributed by atoms with Crippen LogP contribution in [0.25, 0.3) is 0 Å². The average Bonchev–Trinajstić information content (AvgIpc) is 2.66. The van der Waals surface area contributed by atoms with Crippen molar-refractivity contribution in [3.8, 4) is 0 Å². The minimum Gasteiger partial charge on any atom is -0.508 e. The zero-order valence-electron chi connectivity index (χ0n) is 16.8. The van der Waals surface area contributed by atoms with Crippen molar-refractivity contribution < 1.29 is 27.9 Å². The number of nitrogens with one attached hydrogen (secondary N) is 1. The van der Waals surface area contributed by atoms with Crippen LogP contribution in [0.4, 0.5) is 0 Å². The number of sulfonamides is 1. The molecule has 1 aliphatic rings. The fourth-order valence-electron chi connectivity index (χ4n) is 3.20. The zero-order valence-corrected chi connectivity index (χ0v) is 17.6. The maximum Gasteiger partial charge on any atom is 0.338 e. The lowest BCUT2D eigenvalue weighted by atomic mass is 10.1. The van der Waals surface area contributed by atoms with E-state index in [1.54, 1.807) is 6.92 Å². The lowest BCUT2D eigenvalue weighted by Gasteiger charge is -2.26. The average molecular weight is 423 g/mol. The molecule has 8 nitrogen and oxygen atoms in total. The summed E-state index contributed by atoms with van der Waals surface area (Å²) in [5.74, 6) is -1.86. The molecule has 0 aromatic heterocycles. The molecular weight excluding hydrogens is 396 g/mol. The van der Waals surface area contributed by atoms with Crippen LogP contribution >= 0.6 is 0 Å². The number of esters is 1. The lowest BCUT2D eigenvalue weighted by molar-refractivity contribution is -0.113. The van der Waals surface area contributed by atoms with Gasteiger partial charge < -0.3 is 15.3 Å². The van der Waals surface area contributed by atoms with Crippen LogP contribution in [0, 0.1) is 12.3 Å². The summed E-state index contributed by atoms with van der Waals surface area (Å²) in [6.45, 7) is 4.49. The van der Waals surface area contributed by atoms with Crippen molar-refractivity contribution in [3.63, 3.8) is 0 Å². The topological polar surface area (TPSA) is 125 Å². The van der Waals surface area contributed by atoms with E-state index in [2.05, 4.69) is 0 Å². The van der Waals surface area contributed by atoms with Crippen LogP contribution in [0.2, 0.25) is 0 Å². The first-order valence-corrected chi connectivity index (χ1v) is 10.8. The predicted octanol–water partition coefficient (Wildman–Crippen LogP) is 2.77. The summed E-state index contributed by atoms with van der Waals surface area (Å²) in [4.78, 5) is 24.0. The van der Waals surface area contributed by atoms with E-state index < -0.39 is 34.1 Å². The van der Waals surface area contributed by atoms with Gasteiger partial charge in [-0.1, -0.05) is 12.5 Å². The second kappa shape index (κ2) is 9.32. The molecule has 2 rings (SSSR count). The van der Waals surface area contributed by atoms with Crippen molar-refractivity contribution >= 4 is 27.5 Å². The number of benzene rings is 1. The van der Waals surface area contributed by atoms with E-state index in [-0.39, 0.29) is 21.7 Å². The Morgan fingerprint density at radius 2 is 1.79 bits per heavy atom. The fourth-order valence-corrected chi connectivity index (χ4v) is 4.75. The number of aliphatic hydroxyl groups excluding tert-OH is 1. The smallest absolute Gasteiger partial charge is 0.338 e. The Bertz CT molecular complexity index is 943. The zero-order chi connectivity index (χ0) is 21.8. The van der Waals surface area contributed by atoms with E-state index in [9.17, 15) is 23.1 Å². The van der Waals surface area contributed by atoms with Gasteiger partial charge in [-0.15, -0.1) is 0 Å². The Hall–Kier alpha value is -2.52. The van der Waals surface area contributed by atoms with Crippen LogP contribution in [0.5, 0.6) is 0 Å². The molecule has 1 saturated heterocycles. The third kappa shape index (κ3) is 5.30. The van der Waals surface area contributed by atoms with Crippen LogP contribution in [0.15, 0.2) is 34.4 Å². The van der Waals surface area contributed by atoms with Gasteiger partial charge in [0, 0.05) is 18.8 Å². The van der Waals surface area contributed by atoms with E-state index in [1.165, 1.54) is 36.4 Å². The number of aryl methyl sites for hydroxylation is 1. The number of carbonyl (C=O) groups is 2. The Balaban J connectivity index is 2.25. The summed E-state index contributed by atoms with van der Waals surface area (Å²) in [6, 6.07) is 4.27. The molecule has 1 fully saturated rings. The predicted molar refractivity (Wildman–Crippen MR) is 108 cm³/mol. The lowest BCUT2D eigenvalue weighted by Crippen LogP contribution is -2.35. The van der Waals surface area contributed by atoms with E-state index in [0.29, 0.717) is 18.7 Å². The molecule has 0 amide bonds. The summed E-state index contributed by atoms with van der Waals surface area (Å²) in [7, 11) is -3.71. The van der Waals surface area contributed by atoms with Gasteiger partial charge in [0.05, 0.1) is 16.0 Å². The second-order valence-electron chi connectivity index (χ2n) is 7.02. The number of Topliss-reactive ketones (excluding diaryl/α,β-unsaturated/α-hetero) is 1. The quantitative estimate of drug-likeness (QED) is 0.301. The highest BCUT2D eigenvalue weighted by molar-refractivity contribution is 7.89. The molecule has 0 atom stereocenters. The number of ether oxygens (including phenoxy) is 1. The molecule has 9 heteroatoms. The summed E-state index contributed by atoms with van der Waals surface area (Å²) in [5.41, 5.74) is 0.228. The molecule has 1 aliphatic heterocycles. The van der Waals surface area contributed by atoms with E-state index in [4.69, 9.17) is 10.1 Å². The number of hydrogen-bond acceptors (Lipinski definition) is 7. The van der Waals surface area contributed by atoms with Crippen LogP contribution < -0.4 is 0 Å². The molecular formula is C20H26N2O6S. The van der Waals surface area contributed by atoms with Gasteiger partial charge in [-0.3, -0.25) is 4.79 Å². The maximum atomic E-state index is 12.8. The summed E-state index contributed by atoms with van der Waals surface area (Å²) < 4.78 is 32.2. The number of piperidine rings is 1. The molecule has 1 aromatic carbocycles.